The first-order chi connectivity index (χ1) is 7.78. The monoisotopic (exact) mass is 213 g/mol. The first kappa shape index (κ1) is 10.5. The molecule has 0 bridgehead atoms. The van der Waals surface area contributed by atoms with Crippen molar-refractivity contribution in [2.75, 3.05) is 17.7 Å². The normalized spacial score (nSPS) is 9.88. The molecule has 1 aromatic heterocycles. The summed E-state index contributed by atoms with van der Waals surface area (Å²) in [6.45, 7) is 2.08. The molecule has 0 unspecified atom stereocenters. The van der Waals surface area contributed by atoms with E-state index in [-0.39, 0.29) is 0 Å². The van der Waals surface area contributed by atoms with Gasteiger partial charge >= 0.3 is 0 Å². The lowest BCUT2D eigenvalue weighted by molar-refractivity contribution is 1.28. The van der Waals surface area contributed by atoms with Crippen LogP contribution >= 0.6 is 0 Å². The maximum atomic E-state index is 4.16. The number of aromatic nitrogens is 1. The molecule has 0 aliphatic heterocycles. The van der Waals surface area contributed by atoms with Crippen molar-refractivity contribution in [1.29, 1.82) is 0 Å². The fourth-order valence-corrected chi connectivity index (χ4v) is 1.45. The number of aryl methyl sites for hydroxylation is 1. The highest BCUT2D eigenvalue weighted by molar-refractivity contribution is 5.62. The Labute approximate surface area is 95.5 Å². The van der Waals surface area contributed by atoms with Crippen LogP contribution in [0.4, 0.5) is 17.2 Å². The minimum Gasteiger partial charge on any atom is -0.373 e. The van der Waals surface area contributed by atoms with Crippen LogP contribution in [0.2, 0.25) is 0 Å². The topological polar surface area (TPSA) is 37.0 Å². The molecule has 0 spiro atoms. The number of benzene rings is 1. The minimum atomic E-state index is 0.858. The van der Waals surface area contributed by atoms with E-state index in [0.717, 1.165) is 17.2 Å². The second kappa shape index (κ2) is 4.66. The third-order valence-electron chi connectivity index (χ3n) is 2.36. The van der Waals surface area contributed by atoms with Crippen LogP contribution in [0.1, 0.15) is 5.56 Å². The van der Waals surface area contributed by atoms with Crippen LogP contribution in [0.5, 0.6) is 0 Å². The molecule has 2 N–H and O–H groups in total. The smallest absolute Gasteiger partial charge is 0.127 e. The molecule has 0 radical (unpaired) electrons. The zero-order valence-electron chi connectivity index (χ0n) is 9.49. The molecular weight excluding hydrogens is 198 g/mol. The Morgan fingerprint density at radius 2 is 1.75 bits per heavy atom. The Hall–Kier alpha value is -2.03. The van der Waals surface area contributed by atoms with Gasteiger partial charge in [0.05, 0.1) is 0 Å². The lowest BCUT2D eigenvalue weighted by atomic mass is 10.2. The number of rotatable bonds is 3. The van der Waals surface area contributed by atoms with Crippen LogP contribution in [-0.4, -0.2) is 12.0 Å². The number of hydrogen-bond donors (Lipinski definition) is 2. The summed E-state index contributed by atoms with van der Waals surface area (Å²) < 4.78 is 0. The van der Waals surface area contributed by atoms with Crippen molar-refractivity contribution in [2.24, 2.45) is 0 Å². The highest BCUT2D eigenvalue weighted by Gasteiger charge is 1.96. The van der Waals surface area contributed by atoms with Gasteiger partial charge in [-0.3, -0.25) is 0 Å². The van der Waals surface area contributed by atoms with Gasteiger partial charge in [0.2, 0.25) is 0 Å². The Balaban J connectivity index is 2.16. The summed E-state index contributed by atoms with van der Waals surface area (Å²) in [5, 5.41) is 6.34. The summed E-state index contributed by atoms with van der Waals surface area (Å²) in [7, 11) is 1.86. The summed E-state index contributed by atoms with van der Waals surface area (Å²) in [6, 6.07) is 12.2. The van der Waals surface area contributed by atoms with Crippen molar-refractivity contribution in [3.63, 3.8) is 0 Å². The maximum absolute atomic E-state index is 4.16. The van der Waals surface area contributed by atoms with Crippen molar-refractivity contribution >= 4 is 17.2 Å². The van der Waals surface area contributed by atoms with Gasteiger partial charge < -0.3 is 10.6 Å². The van der Waals surface area contributed by atoms with Gasteiger partial charge in [0.1, 0.15) is 5.82 Å². The van der Waals surface area contributed by atoms with Gasteiger partial charge in [0.25, 0.3) is 0 Å². The number of anilines is 3. The zero-order chi connectivity index (χ0) is 11.4. The molecule has 0 saturated heterocycles. The van der Waals surface area contributed by atoms with Gasteiger partial charge in [-0.15, -0.1) is 0 Å². The predicted molar refractivity (Wildman–Crippen MR) is 68.2 cm³/mol. The fourth-order valence-electron chi connectivity index (χ4n) is 1.45. The molecule has 0 aliphatic rings. The number of nitrogens with one attached hydrogen (secondary N) is 2. The molecule has 1 heterocycles. The van der Waals surface area contributed by atoms with E-state index in [9.17, 15) is 0 Å². The van der Waals surface area contributed by atoms with Gasteiger partial charge in [-0.25, -0.2) is 4.98 Å². The molecule has 0 amide bonds. The molecule has 0 fully saturated rings. The molecule has 0 atom stereocenters. The van der Waals surface area contributed by atoms with Crippen LogP contribution in [0, 0.1) is 6.92 Å². The van der Waals surface area contributed by atoms with E-state index >= 15 is 0 Å². The highest BCUT2D eigenvalue weighted by Crippen LogP contribution is 2.18. The van der Waals surface area contributed by atoms with Crippen LogP contribution in [0.25, 0.3) is 0 Å². The first-order valence-electron chi connectivity index (χ1n) is 5.25. The number of pyridine rings is 1. The van der Waals surface area contributed by atoms with Crippen molar-refractivity contribution in [3.8, 4) is 0 Å². The Morgan fingerprint density at radius 1 is 1.00 bits per heavy atom. The van der Waals surface area contributed by atoms with Gasteiger partial charge in [-0.1, -0.05) is 17.7 Å². The second-order valence-corrected chi connectivity index (χ2v) is 3.67. The minimum absolute atomic E-state index is 0.858. The largest absolute Gasteiger partial charge is 0.373 e. The third-order valence-corrected chi connectivity index (χ3v) is 2.36. The lowest BCUT2D eigenvalue weighted by Gasteiger charge is -2.07. The molecular formula is C13H15N3. The second-order valence-electron chi connectivity index (χ2n) is 3.67. The van der Waals surface area contributed by atoms with Crippen LogP contribution < -0.4 is 10.6 Å². The highest BCUT2D eigenvalue weighted by atomic mass is 15.0. The lowest BCUT2D eigenvalue weighted by Crippen LogP contribution is -1.95. The van der Waals surface area contributed by atoms with E-state index in [0.29, 0.717) is 0 Å². The molecule has 3 nitrogen and oxygen atoms in total. The summed E-state index contributed by atoms with van der Waals surface area (Å²) in [5.41, 5.74) is 3.37. The van der Waals surface area contributed by atoms with E-state index in [2.05, 4.69) is 46.8 Å². The summed E-state index contributed by atoms with van der Waals surface area (Å²) in [5.74, 6) is 0.858. The fraction of sp³-hybridized carbons (Fsp3) is 0.154. The zero-order valence-corrected chi connectivity index (χ0v) is 9.49. The van der Waals surface area contributed by atoms with E-state index in [1.807, 2.05) is 19.2 Å². The Morgan fingerprint density at radius 3 is 2.44 bits per heavy atom. The molecule has 1 aromatic carbocycles. The number of hydrogen-bond acceptors (Lipinski definition) is 3. The molecule has 82 valence electrons. The number of nitrogens with zero attached hydrogens (tertiary/aromatic N) is 1. The van der Waals surface area contributed by atoms with Gasteiger partial charge in [0.15, 0.2) is 0 Å². The van der Waals surface area contributed by atoms with Crippen molar-refractivity contribution < 1.29 is 0 Å². The Kier molecular flexibility index (Phi) is 3.05. The molecule has 0 saturated carbocycles. The average Bonchev–Trinajstić information content (AvgIpc) is 2.32. The predicted octanol–water partition coefficient (Wildman–Crippen LogP) is 3.18. The SMILES string of the molecule is CNc1cc(Nc2ccc(C)cc2)ccn1. The first-order valence-corrected chi connectivity index (χ1v) is 5.25. The van der Waals surface area contributed by atoms with Crippen LogP contribution in [0.15, 0.2) is 42.6 Å². The maximum Gasteiger partial charge on any atom is 0.127 e. The van der Waals surface area contributed by atoms with Gasteiger partial charge in [0, 0.05) is 30.7 Å². The third kappa shape index (κ3) is 2.51. The van der Waals surface area contributed by atoms with Gasteiger partial charge in [-0.05, 0) is 25.1 Å². The quantitative estimate of drug-likeness (QED) is 0.822. The summed E-state index contributed by atoms with van der Waals surface area (Å²) in [4.78, 5) is 4.16. The molecule has 16 heavy (non-hydrogen) atoms. The summed E-state index contributed by atoms with van der Waals surface area (Å²) in [6.07, 6.45) is 1.78. The molecule has 2 rings (SSSR count). The van der Waals surface area contributed by atoms with Crippen molar-refractivity contribution in [1.82, 2.24) is 4.98 Å². The Bertz CT molecular complexity index is 463. The van der Waals surface area contributed by atoms with Crippen molar-refractivity contribution in [3.05, 3.63) is 48.2 Å². The van der Waals surface area contributed by atoms with Crippen LogP contribution in [-0.2, 0) is 0 Å². The average molecular weight is 213 g/mol. The van der Waals surface area contributed by atoms with Crippen LogP contribution in [0.3, 0.4) is 0 Å². The van der Waals surface area contributed by atoms with E-state index in [1.165, 1.54) is 5.56 Å². The van der Waals surface area contributed by atoms with Crippen molar-refractivity contribution in [2.45, 2.75) is 6.92 Å². The summed E-state index contributed by atoms with van der Waals surface area (Å²) >= 11 is 0. The standard InChI is InChI=1S/C13H15N3/c1-10-3-5-11(6-4-10)16-12-7-8-15-13(9-12)14-2/h3-9H,1-2H3,(H2,14,15,16). The molecule has 0 aliphatic carbocycles. The molecule has 3 heteroatoms. The van der Waals surface area contributed by atoms with E-state index in [4.69, 9.17) is 0 Å². The van der Waals surface area contributed by atoms with E-state index < -0.39 is 0 Å². The van der Waals surface area contributed by atoms with E-state index in [1.54, 1.807) is 6.20 Å². The van der Waals surface area contributed by atoms with Gasteiger partial charge in [-0.2, -0.15) is 0 Å². The molecule has 2 aromatic rings.